The van der Waals surface area contributed by atoms with E-state index >= 15 is 0 Å². The van der Waals surface area contributed by atoms with Gasteiger partial charge in [-0.15, -0.1) is 0 Å². The van der Waals surface area contributed by atoms with E-state index < -0.39 is 0 Å². The summed E-state index contributed by atoms with van der Waals surface area (Å²) in [5.74, 6) is 0.524. The van der Waals surface area contributed by atoms with Crippen LogP contribution in [0.25, 0.3) is 0 Å². The fourth-order valence-electron chi connectivity index (χ4n) is 0.893. The van der Waals surface area contributed by atoms with Crippen molar-refractivity contribution in [2.24, 2.45) is 5.41 Å². The number of ether oxygens (including phenoxy) is 1. The van der Waals surface area contributed by atoms with Crippen molar-refractivity contribution in [1.29, 1.82) is 0 Å². The van der Waals surface area contributed by atoms with Crippen molar-refractivity contribution in [2.75, 3.05) is 6.51 Å². The van der Waals surface area contributed by atoms with E-state index in [1.165, 1.54) is 0 Å². The molecule has 76 valence electrons. The molecule has 0 N–H and O–H groups in total. The Balaban J connectivity index is 3.53. The summed E-state index contributed by atoms with van der Waals surface area (Å²) in [7, 11) is 0.954. The van der Waals surface area contributed by atoms with Gasteiger partial charge in [-0.05, 0) is 5.41 Å². The molecule has 0 spiro atoms. The molecule has 13 heavy (non-hydrogen) atoms. The second-order valence-corrected chi connectivity index (χ2v) is 5.14. The Morgan fingerprint density at radius 1 is 1.38 bits per heavy atom. The number of rotatable bonds is 4. The number of carbonyl (C=O) groups excluding carboxylic acids is 1. The van der Waals surface area contributed by atoms with Crippen LogP contribution in [0.15, 0.2) is 0 Å². The molecule has 0 radical (unpaired) electrons. The molecule has 0 aliphatic heterocycles. The van der Waals surface area contributed by atoms with Gasteiger partial charge in [0.2, 0.25) is 0 Å². The minimum atomic E-state index is -0.0758. The van der Waals surface area contributed by atoms with Gasteiger partial charge in [-0.1, -0.05) is 40.4 Å². The van der Waals surface area contributed by atoms with Crippen LogP contribution in [0, 0.1) is 5.41 Å². The van der Waals surface area contributed by atoms with E-state index in [-0.39, 0.29) is 11.4 Å². The molecule has 0 aliphatic rings. The SMILES string of the molecule is CC(C)BCOC(=O)CC(C)(C)C. The summed E-state index contributed by atoms with van der Waals surface area (Å²) >= 11 is 0. The summed E-state index contributed by atoms with van der Waals surface area (Å²) in [6.45, 7) is 10.9. The minimum Gasteiger partial charge on any atom is -0.475 e. The lowest BCUT2D eigenvalue weighted by Gasteiger charge is -2.16. The van der Waals surface area contributed by atoms with Crippen LogP contribution in [0.3, 0.4) is 0 Å². The van der Waals surface area contributed by atoms with Crippen molar-refractivity contribution in [3.8, 4) is 0 Å². The maximum atomic E-state index is 11.2. The first-order valence-corrected chi connectivity index (χ1v) is 4.97. The van der Waals surface area contributed by atoms with Gasteiger partial charge in [0.15, 0.2) is 7.28 Å². The lowest BCUT2D eigenvalue weighted by molar-refractivity contribution is -0.143. The fraction of sp³-hybridized carbons (Fsp3) is 0.900. The highest BCUT2D eigenvalue weighted by Crippen LogP contribution is 2.18. The molecule has 0 amide bonds. The zero-order chi connectivity index (χ0) is 10.5. The average molecular weight is 184 g/mol. The standard InChI is InChI=1S/C10H21BO2/c1-8(2)11-7-13-9(12)6-10(3,4)5/h8,11H,6-7H2,1-5H3. The van der Waals surface area contributed by atoms with Crippen LogP contribution < -0.4 is 0 Å². The van der Waals surface area contributed by atoms with Crippen molar-refractivity contribution in [2.45, 2.75) is 46.9 Å². The third-order valence-electron chi connectivity index (χ3n) is 1.63. The molecule has 0 heterocycles. The monoisotopic (exact) mass is 184 g/mol. The van der Waals surface area contributed by atoms with E-state index in [0.29, 0.717) is 18.7 Å². The normalized spacial score (nSPS) is 11.5. The van der Waals surface area contributed by atoms with Crippen molar-refractivity contribution in [1.82, 2.24) is 0 Å². The molecular weight excluding hydrogens is 163 g/mol. The molecule has 0 bridgehead atoms. The van der Waals surface area contributed by atoms with Crippen LogP contribution in [0.5, 0.6) is 0 Å². The van der Waals surface area contributed by atoms with Gasteiger partial charge in [-0.3, -0.25) is 4.79 Å². The summed E-state index contributed by atoms with van der Waals surface area (Å²) in [5.41, 5.74) is 0.0366. The number of esters is 1. The van der Waals surface area contributed by atoms with Gasteiger partial charge in [0.1, 0.15) is 0 Å². The van der Waals surface area contributed by atoms with E-state index in [2.05, 4.69) is 13.8 Å². The van der Waals surface area contributed by atoms with Gasteiger partial charge in [-0.2, -0.15) is 0 Å². The zero-order valence-electron chi connectivity index (χ0n) is 9.52. The van der Waals surface area contributed by atoms with Crippen LogP contribution >= 0.6 is 0 Å². The second kappa shape index (κ2) is 5.30. The molecule has 0 rings (SSSR count). The van der Waals surface area contributed by atoms with Crippen LogP contribution in [0.1, 0.15) is 41.0 Å². The molecule has 0 fully saturated rings. The molecule has 0 saturated carbocycles. The summed E-state index contributed by atoms with van der Waals surface area (Å²) in [6.07, 6.45) is 0.505. The Morgan fingerprint density at radius 2 is 1.92 bits per heavy atom. The Bertz CT molecular complexity index is 159. The summed E-state index contributed by atoms with van der Waals surface area (Å²) in [4.78, 5) is 11.2. The molecule has 0 atom stereocenters. The summed E-state index contributed by atoms with van der Waals surface area (Å²) in [6, 6.07) is 0. The Kier molecular flexibility index (Phi) is 5.11. The molecule has 0 aliphatic carbocycles. The third kappa shape index (κ3) is 9.45. The van der Waals surface area contributed by atoms with Gasteiger partial charge in [0, 0.05) is 0 Å². The average Bonchev–Trinajstić information content (AvgIpc) is 1.81. The molecule has 0 aromatic heterocycles. The van der Waals surface area contributed by atoms with Gasteiger partial charge >= 0.3 is 5.97 Å². The smallest absolute Gasteiger partial charge is 0.305 e. The molecule has 0 unspecified atom stereocenters. The maximum absolute atomic E-state index is 11.2. The van der Waals surface area contributed by atoms with E-state index in [9.17, 15) is 4.79 Å². The molecule has 0 saturated heterocycles. The predicted molar refractivity (Wildman–Crippen MR) is 57.3 cm³/mol. The van der Waals surface area contributed by atoms with E-state index in [1.54, 1.807) is 0 Å². The highest BCUT2D eigenvalue weighted by Gasteiger charge is 2.16. The topological polar surface area (TPSA) is 26.3 Å². The zero-order valence-corrected chi connectivity index (χ0v) is 9.52. The summed E-state index contributed by atoms with van der Waals surface area (Å²) in [5, 5.41) is 0. The first-order chi connectivity index (χ1) is 5.81. The number of hydrogen-bond acceptors (Lipinski definition) is 2. The van der Waals surface area contributed by atoms with Crippen LogP contribution in [0.2, 0.25) is 5.82 Å². The number of hydrogen-bond donors (Lipinski definition) is 0. The number of carbonyl (C=O) groups is 1. The molecule has 0 aromatic rings. The Morgan fingerprint density at radius 3 is 2.31 bits per heavy atom. The van der Waals surface area contributed by atoms with E-state index in [1.807, 2.05) is 20.8 Å². The van der Waals surface area contributed by atoms with E-state index in [0.717, 1.165) is 7.28 Å². The van der Waals surface area contributed by atoms with Crippen LogP contribution in [-0.4, -0.2) is 19.8 Å². The van der Waals surface area contributed by atoms with Crippen LogP contribution in [-0.2, 0) is 9.53 Å². The second-order valence-electron chi connectivity index (χ2n) is 5.14. The van der Waals surface area contributed by atoms with Gasteiger partial charge in [0.25, 0.3) is 0 Å². The van der Waals surface area contributed by atoms with Crippen molar-refractivity contribution >= 4 is 13.2 Å². The quantitative estimate of drug-likeness (QED) is 0.494. The van der Waals surface area contributed by atoms with Crippen molar-refractivity contribution < 1.29 is 9.53 Å². The molecule has 2 nitrogen and oxygen atoms in total. The van der Waals surface area contributed by atoms with Gasteiger partial charge in [0.05, 0.1) is 12.9 Å². The highest BCUT2D eigenvalue weighted by molar-refractivity contribution is 6.37. The Labute approximate surface area is 82.3 Å². The lowest BCUT2D eigenvalue weighted by atomic mass is 9.67. The van der Waals surface area contributed by atoms with Crippen LogP contribution in [0.4, 0.5) is 0 Å². The molecular formula is C10H21BO2. The Hall–Kier alpha value is -0.465. The minimum absolute atomic E-state index is 0.0366. The third-order valence-corrected chi connectivity index (χ3v) is 1.63. The molecule has 0 aromatic carbocycles. The lowest BCUT2D eigenvalue weighted by Crippen LogP contribution is -2.18. The van der Waals surface area contributed by atoms with Crippen molar-refractivity contribution in [3.05, 3.63) is 0 Å². The largest absolute Gasteiger partial charge is 0.475 e. The predicted octanol–water partition coefficient (Wildman–Crippen LogP) is 2.19. The van der Waals surface area contributed by atoms with Crippen molar-refractivity contribution in [3.63, 3.8) is 0 Å². The first-order valence-electron chi connectivity index (χ1n) is 4.97. The maximum Gasteiger partial charge on any atom is 0.305 e. The fourth-order valence-corrected chi connectivity index (χ4v) is 0.893. The first kappa shape index (κ1) is 12.5. The van der Waals surface area contributed by atoms with E-state index in [4.69, 9.17) is 4.74 Å². The van der Waals surface area contributed by atoms with Gasteiger partial charge < -0.3 is 4.74 Å². The summed E-state index contributed by atoms with van der Waals surface area (Å²) < 4.78 is 5.09. The molecule has 3 heteroatoms. The van der Waals surface area contributed by atoms with Gasteiger partial charge in [-0.25, -0.2) is 0 Å². The highest BCUT2D eigenvalue weighted by atomic mass is 16.5.